The van der Waals surface area contributed by atoms with Gasteiger partial charge in [0.1, 0.15) is 5.69 Å². The minimum absolute atomic E-state index is 0.0398. The Kier molecular flexibility index (Phi) is 3.90. The first-order valence-corrected chi connectivity index (χ1v) is 6.46. The summed E-state index contributed by atoms with van der Waals surface area (Å²) in [5.41, 5.74) is 6.71. The van der Waals surface area contributed by atoms with E-state index in [0.29, 0.717) is 12.0 Å². The summed E-state index contributed by atoms with van der Waals surface area (Å²) in [5, 5.41) is 14.1. The number of nitrogen functional groups attached to an aromatic ring is 1. The van der Waals surface area contributed by atoms with Gasteiger partial charge < -0.3 is 16.0 Å². The van der Waals surface area contributed by atoms with Gasteiger partial charge in [0.15, 0.2) is 0 Å². The molecule has 19 heavy (non-hydrogen) atoms. The lowest BCUT2D eigenvalue weighted by Crippen LogP contribution is -2.43. The van der Waals surface area contributed by atoms with Crippen LogP contribution < -0.4 is 11.1 Å². The lowest BCUT2D eigenvalue weighted by Gasteiger charge is -2.35. The highest BCUT2D eigenvalue weighted by Gasteiger charge is 2.24. The summed E-state index contributed by atoms with van der Waals surface area (Å²) < 4.78 is 0. The van der Waals surface area contributed by atoms with Gasteiger partial charge in [-0.2, -0.15) is 0 Å². The van der Waals surface area contributed by atoms with E-state index >= 15 is 0 Å². The SMILES string of the molecule is CC1CN(C)CCC1Nc1ccc([N+](=O)[O-])c(N)c1. The number of piperidine rings is 1. The zero-order chi connectivity index (χ0) is 14.0. The van der Waals surface area contributed by atoms with Crippen molar-refractivity contribution in [1.29, 1.82) is 0 Å². The number of hydrogen-bond acceptors (Lipinski definition) is 5. The predicted molar refractivity (Wildman–Crippen MR) is 76.2 cm³/mol. The maximum absolute atomic E-state index is 10.7. The van der Waals surface area contributed by atoms with Gasteiger partial charge >= 0.3 is 0 Å². The third-order valence-corrected chi connectivity index (χ3v) is 3.68. The summed E-state index contributed by atoms with van der Waals surface area (Å²) in [6.45, 7) is 4.33. The van der Waals surface area contributed by atoms with E-state index in [1.807, 2.05) is 0 Å². The molecule has 6 nitrogen and oxygen atoms in total. The molecule has 2 rings (SSSR count). The van der Waals surface area contributed by atoms with Gasteiger partial charge in [-0.15, -0.1) is 0 Å². The fourth-order valence-electron chi connectivity index (χ4n) is 2.59. The number of nitro benzene ring substituents is 1. The number of likely N-dealkylation sites (tertiary alicyclic amines) is 1. The molecule has 0 saturated carbocycles. The van der Waals surface area contributed by atoms with Crippen molar-refractivity contribution in [2.75, 3.05) is 31.2 Å². The second-order valence-electron chi connectivity index (χ2n) is 5.31. The third kappa shape index (κ3) is 3.14. The molecule has 2 unspecified atom stereocenters. The fraction of sp³-hybridized carbons (Fsp3) is 0.538. The predicted octanol–water partition coefficient (Wildman–Crippen LogP) is 1.93. The van der Waals surface area contributed by atoms with Crippen molar-refractivity contribution in [3.63, 3.8) is 0 Å². The zero-order valence-electron chi connectivity index (χ0n) is 11.3. The smallest absolute Gasteiger partial charge is 0.292 e. The molecule has 0 bridgehead atoms. The van der Waals surface area contributed by atoms with Crippen molar-refractivity contribution in [3.05, 3.63) is 28.3 Å². The Labute approximate surface area is 112 Å². The number of hydrogen-bond donors (Lipinski definition) is 2. The van der Waals surface area contributed by atoms with Crippen LogP contribution in [0, 0.1) is 16.0 Å². The van der Waals surface area contributed by atoms with Crippen LogP contribution in [0.25, 0.3) is 0 Å². The molecule has 0 aliphatic carbocycles. The second-order valence-corrected chi connectivity index (χ2v) is 5.31. The molecule has 1 heterocycles. The van der Waals surface area contributed by atoms with Gasteiger partial charge in [0.05, 0.1) is 4.92 Å². The standard InChI is InChI=1S/C13H20N4O2/c1-9-8-16(2)6-5-12(9)15-10-3-4-13(17(18)19)11(14)7-10/h3-4,7,9,12,15H,5-6,8,14H2,1-2H3. The summed E-state index contributed by atoms with van der Waals surface area (Å²) in [6.07, 6.45) is 1.06. The van der Waals surface area contributed by atoms with E-state index in [2.05, 4.69) is 24.2 Å². The number of benzene rings is 1. The van der Waals surface area contributed by atoms with E-state index in [0.717, 1.165) is 25.2 Å². The second kappa shape index (κ2) is 5.44. The van der Waals surface area contributed by atoms with Crippen molar-refractivity contribution in [2.45, 2.75) is 19.4 Å². The molecular weight excluding hydrogens is 244 g/mol. The lowest BCUT2D eigenvalue weighted by atomic mass is 9.94. The highest BCUT2D eigenvalue weighted by Crippen LogP contribution is 2.27. The van der Waals surface area contributed by atoms with E-state index in [-0.39, 0.29) is 11.4 Å². The normalized spacial score (nSPS) is 24.1. The van der Waals surface area contributed by atoms with Crippen LogP contribution in [0.1, 0.15) is 13.3 Å². The minimum atomic E-state index is -0.461. The van der Waals surface area contributed by atoms with Gasteiger partial charge in [0, 0.05) is 24.3 Å². The summed E-state index contributed by atoms with van der Waals surface area (Å²) >= 11 is 0. The fourth-order valence-corrected chi connectivity index (χ4v) is 2.59. The van der Waals surface area contributed by atoms with Gasteiger partial charge in [-0.3, -0.25) is 10.1 Å². The number of anilines is 2. The first-order chi connectivity index (χ1) is 8.97. The summed E-state index contributed by atoms with van der Waals surface area (Å²) in [5.74, 6) is 0.537. The van der Waals surface area contributed by atoms with Gasteiger partial charge in [0.25, 0.3) is 5.69 Å². The Morgan fingerprint density at radius 2 is 2.26 bits per heavy atom. The average molecular weight is 264 g/mol. The van der Waals surface area contributed by atoms with Crippen LogP contribution in [0.3, 0.4) is 0 Å². The summed E-state index contributed by atoms with van der Waals surface area (Å²) in [4.78, 5) is 12.6. The molecule has 0 amide bonds. The Bertz CT molecular complexity index is 478. The molecule has 6 heteroatoms. The first-order valence-electron chi connectivity index (χ1n) is 6.46. The molecule has 0 radical (unpaired) electrons. The van der Waals surface area contributed by atoms with Crippen LogP contribution in [0.15, 0.2) is 18.2 Å². The average Bonchev–Trinajstić information content (AvgIpc) is 2.32. The quantitative estimate of drug-likeness (QED) is 0.495. The summed E-state index contributed by atoms with van der Waals surface area (Å²) in [7, 11) is 2.12. The number of nitrogens with one attached hydrogen (secondary N) is 1. The molecule has 1 aliphatic rings. The van der Waals surface area contributed by atoms with E-state index < -0.39 is 4.92 Å². The Hall–Kier alpha value is -1.82. The molecule has 1 fully saturated rings. The number of nitro groups is 1. The summed E-state index contributed by atoms with van der Waals surface area (Å²) in [6, 6.07) is 5.21. The molecule has 0 spiro atoms. The van der Waals surface area contributed by atoms with Crippen molar-refractivity contribution in [2.24, 2.45) is 5.92 Å². The number of rotatable bonds is 3. The molecule has 1 aliphatic heterocycles. The van der Waals surface area contributed by atoms with Crippen molar-refractivity contribution < 1.29 is 4.92 Å². The highest BCUT2D eigenvalue weighted by molar-refractivity contribution is 5.66. The van der Waals surface area contributed by atoms with E-state index in [9.17, 15) is 10.1 Å². The zero-order valence-corrected chi connectivity index (χ0v) is 11.3. The third-order valence-electron chi connectivity index (χ3n) is 3.68. The molecular formula is C13H20N4O2. The topological polar surface area (TPSA) is 84.4 Å². The van der Waals surface area contributed by atoms with E-state index in [4.69, 9.17) is 5.73 Å². The molecule has 1 aromatic carbocycles. The van der Waals surface area contributed by atoms with Gasteiger partial charge in [-0.25, -0.2) is 0 Å². The number of nitrogens with zero attached hydrogens (tertiary/aromatic N) is 2. The van der Waals surface area contributed by atoms with E-state index in [1.54, 1.807) is 12.1 Å². The van der Waals surface area contributed by atoms with Gasteiger partial charge in [0.2, 0.25) is 0 Å². The van der Waals surface area contributed by atoms with Crippen molar-refractivity contribution >= 4 is 17.1 Å². The maximum atomic E-state index is 10.7. The highest BCUT2D eigenvalue weighted by atomic mass is 16.6. The largest absolute Gasteiger partial charge is 0.393 e. The van der Waals surface area contributed by atoms with E-state index in [1.165, 1.54) is 6.07 Å². The van der Waals surface area contributed by atoms with Crippen LogP contribution in [0.2, 0.25) is 0 Å². The van der Waals surface area contributed by atoms with Gasteiger partial charge in [-0.05, 0) is 38.1 Å². The number of nitrogens with two attached hydrogens (primary N) is 1. The molecule has 104 valence electrons. The lowest BCUT2D eigenvalue weighted by molar-refractivity contribution is -0.383. The van der Waals surface area contributed by atoms with Crippen LogP contribution in [-0.4, -0.2) is 36.0 Å². The van der Waals surface area contributed by atoms with Crippen molar-refractivity contribution in [1.82, 2.24) is 4.90 Å². The first kappa shape index (κ1) is 13.6. The molecule has 1 saturated heterocycles. The van der Waals surface area contributed by atoms with Crippen LogP contribution in [0.4, 0.5) is 17.1 Å². The minimum Gasteiger partial charge on any atom is -0.393 e. The van der Waals surface area contributed by atoms with Gasteiger partial charge in [-0.1, -0.05) is 6.92 Å². The monoisotopic (exact) mass is 264 g/mol. The Balaban J connectivity index is 2.07. The van der Waals surface area contributed by atoms with Crippen LogP contribution in [-0.2, 0) is 0 Å². The van der Waals surface area contributed by atoms with Crippen molar-refractivity contribution in [3.8, 4) is 0 Å². The molecule has 3 N–H and O–H groups in total. The van der Waals surface area contributed by atoms with Crippen LogP contribution >= 0.6 is 0 Å². The maximum Gasteiger partial charge on any atom is 0.292 e. The molecule has 0 aromatic heterocycles. The molecule has 1 aromatic rings. The van der Waals surface area contributed by atoms with Crippen LogP contribution in [0.5, 0.6) is 0 Å². The molecule has 2 atom stereocenters. The Morgan fingerprint density at radius 3 is 2.84 bits per heavy atom. The Morgan fingerprint density at radius 1 is 1.53 bits per heavy atom.